The molecule has 0 aliphatic carbocycles. The third-order valence-corrected chi connectivity index (χ3v) is 5.45. The van der Waals surface area contributed by atoms with Gasteiger partial charge in [0.1, 0.15) is 48.1 Å². The second kappa shape index (κ2) is 9.87. The standard InChI is InChI=1S/C23H24O11/c1-30-12-4-2-11(3-5-12)10-31-21-14-7-6-13(8-15(14)33-22(29)20(21)28)32-23-19(27)18(26)17(25)16(9-24)34-23/h2-8,16-19,23-28H,9-10H2,1H3/t16-,17-,18+,19-,23-/m1/s1. The molecule has 1 aromatic heterocycles. The molecule has 1 aliphatic rings. The molecule has 0 saturated carbocycles. The van der Waals surface area contributed by atoms with Crippen LogP contribution in [0, 0.1) is 0 Å². The summed E-state index contributed by atoms with van der Waals surface area (Å²) in [4.78, 5) is 12.2. The van der Waals surface area contributed by atoms with E-state index in [-0.39, 0.29) is 29.1 Å². The van der Waals surface area contributed by atoms with Gasteiger partial charge in [0, 0.05) is 6.07 Å². The highest BCUT2D eigenvalue weighted by molar-refractivity contribution is 5.86. The molecular formula is C23H24O11. The smallest absolute Gasteiger partial charge is 0.382 e. The number of hydrogen-bond donors (Lipinski definition) is 5. The summed E-state index contributed by atoms with van der Waals surface area (Å²) in [6, 6.07) is 11.3. The number of rotatable bonds is 7. The lowest BCUT2D eigenvalue weighted by atomic mass is 9.99. The van der Waals surface area contributed by atoms with Crippen molar-refractivity contribution in [1.82, 2.24) is 0 Å². The summed E-state index contributed by atoms with van der Waals surface area (Å²) in [6.07, 6.45) is -7.30. The van der Waals surface area contributed by atoms with Crippen LogP contribution in [0.25, 0.3) is 11.0 Å². The Balaban J connectivity index is 1.58. The molecule has 5 atom stereocenters. The van der Waals surface area contributed by atoms with Gasteiger partial charge >= 0.3 is 5.63 Å². The van der Waals surface area contributed by atoms with E-state index in [2.05, 4.69) is 0 Å². The number of aliphatic hydroxyl groups excluding tert-OH is 4. The first-order chi connectivity index (χ1) is 16.3. The number of hydrogen-bond acceptors (Lipinski definition) is 11. The van der Waals surface area contributed by atoms with E-state index in [1.807, 2.05) is 0 Å². The molecule has 5 N–H and O–H groups in total. The van der Waals surface area contributed by atoms with Crippen molar-refractivity contribution in [2.45, 2.75) is 37.3 Å². The van der Waals surface area contributed by atoms with Crippen LogP contribution in [-0.2, 0) is 11.3 Å². The lowest BCUT2D eigenvalue weighted by Crippen LogP contribution is -2.60. The van der Waals surface area contributed by atoms with Crippen molar-refractivity contribution in [2.24, 2.45) is 0 Å². The van der Waals surface area contributed by atoms with Crippen LogP contribution in [0.2, 0.25) is 0 Å². The third-order valence-electron chi connectivity index (χ3n) is 5.45. The molecule has 0 spiro atoms. The molecule has 4 rings (SSSR count). The predicted octanol–water partition coefficient (Wildman–Crippen LogP) is 0.265. The van der Waals surface area contributed by atoms with E-state index >= 15 is 0 Å². The molecule has 1 aliphatic heterocycles. The van der Waals surface area contributed by atoms with E-state index in [9.17, 15) is 30.3 Å². The summed E-state index contributed by atoms with van der Waals surface area (Å²) in [5, 5.41) is 49.8. The number of fused-ring (bicyclic) bond motifs is 1. The van der Waals surface area contributed by atoms with Gasteiger partial charge in [-0.15, -0.1) is 0 Å². The highest BCUT2D eigenvalue weighted by Crippen LogP contribution is 2.35. The van der Waals surface area contributed by atoms with Crippen molar-refractivity contribution in [2.75, 3.05) is 13.7 Å². The summed E-state index contributed by atoms with van der Waals surface area (Å²) >= 11 is 0. The number of methoxy groups -OCH3 is 1. The van der Waals surface area contributed by atoms with E-state index in [0.717, 1.165) is 5.56 Å². The number of benzene rings is 2. The summed E-state index contributed by atoms with van der Waals surface area (Å²) in [5.74, 6) is -0.0128. The van der Waals surface area contributed by atoms with Gasteiger partial charge in [-0.1, -0.05) is 12.1 Å². The molecule has 34 heavy (non-hydrogen) atoms. The van der Waals surface area contributed by atoms with Crippen LogP contribution in [0.3, 0.4) is 0 Å². The predicted molar refractivity (Wildman–Crippen MR) is 116 cm³/mol. The van der Waals surface area contributed by atoms with Crippen molar-refractivity contribution >= 4 is 11.0 Å². The van der Waals surface area contributed by atoms with Crippen molar-refractivity contribution in [3.8, 4) is 23.0 Å². The van der Waals surface area contributed by atoms with Gasteiger partial charge < -0.3 is 48.9 Å². The van der Waals surface area contributed by atoms with Gasteiger partial charge in [0.05, 0.1) is 19.1 Å². The largest absolute Gasteiger partial charge is 0.499 e. The molecule has 3 aromatic rings. The minimum atomic E-state index is -1.61. The molecule has 1 fully saturated rings. The maximum atomic E-state index is 12.2. The Labute approximate surface area is 192 Å². The maximum Gasteiger partial charge on any atom is 0.382 e. The normalized spacial score (nSPS) is 24.7. The fourth-order valence-corrected chi connectivity index (χ4v) is 3.54. The van der Waals surface area contributed by atoms with E-state index in [1.54, 1.807) is 31.4 Å². The number of aromatic hydroxyl groups is 1. The Morgan fingerprint density at radius 2 is 1.68 bits per heavy atom. The zero-order chi connectivity index (χ0) is 24.4. The van der Waals surface area contributed by atoms with Gasteiger partial charge in [0.25, 0.3) is 0 Å². The highest BCUT2D eigenvalue weighted by Gasteiger charge is 2.44. The topological polar surface area (TPSA) is 168 Å². The van der Waals surface area contributed by atoms with Crippen molar-refractivity contribution < 1.29 is 48.9 Å². The Morgan fingerprint density at radius 1 is 0.971 bits per heavy atom. The quantitative estimate of drug-likeness (QED) is 0.297. The van der Waals surface area contributed by atoms with Gasteiger partial charge in [-0.05, 0) is 29.8 Å². The molecule has 182 valence electrons. The second-order valence-corrected chi connectivity index (χ2v) is 7.68. The average Bonchev–Trinajstić information content (AvgIpc) is 2.85. The Bertz CT molecular complexity index is 1190. The Kier molecular flexibility index (Phi) is 6.91. The first kappa shape index (κ1) is 23.8. The van der Waals surface area contributed by atoms with Gasteiger partial charge in [-0.3, -0.25) is 0 Å². The Morgan fingerprint density at radius 3 is 2.35 bits per heavy atom. The van der Waals surface area contributed by atoms with Crippen LogP contribution in [0.15, 0.2) is 51.7 Å². The monoisotopic (exact) mass is 476 g/mol. The van der Waals surface area contributed by atoms with Gasteiger partial charge in [0.2, 0.25) is 12.0 Å². The number of aliphatic hydroxyl groups is 4. The molecule has 0 unspecified atom stereocenters. The van der Waals surface area contributed by atoms with Crippen molar-refractivity contribution in [3.63, 3.8) is 0 Å². The molecular weight excluding hydrogens is 452 g/mol. The van der Waals surface area contributed by atoms with E-state index < -0.39 is 48.7 Å². The molecule has 11 nitrogen and oxygen atoms in total. The Hall–Kier alpha value is -3.35. The van der Waals surface area contributed by atoms with Crippen LogP contribution in [-0.4, -0.2) is 70.0 Å². The molecule has 11 heteroatoms. The van der Waals surface area contributed by atoms with Crippen LogP contribution >= 0.6 is 0 Å². The third kappa shape index (κ3) is 4.65. The highest BCUT2D eigenvalue weighted by atomic mass is 16.7. The van der Waals surface area contributed by atoms with Crippen molar-refractivity contribution in [1.29, 1.82) is 0 Å². The average molecular weight is 476 g/mol. The first-order valence-corrected chi connectivity index (χ1v) is 10.3. The summed E-state index contributed by atoms with van der Waals surface area (Å²) < 4.78 is 26.8. The van der Waals surface area contributed by atoms with E-state index in [4.69, 9.17) is 23.4 Å². The lowest BCUT2D eigenvalue weighted by Gasteiger charge is -2.39. The maximum absolute atomic E-state index is 12.2. The van der Waals surface area contributed by atoms with Crippen LogP contribution in [0.1, 0.15) is 5.56 Å². The number of ether oxygens (including phenoxy) is 4. The molecule has 2 aromatic carbocycles. The summed E-state index contributed by atoms with van der Waals surface area (Å²) in [7, 11) is 1.55. The van der Waals surface area contributed by atoms with Crippen molar-refractivity contribution in [3.05, 3.63) is 58.4 Å². The van der Waals surface area contributed by atoms with E-state index in [0.29, 0.717) is 5.75 Å². The van der Waals surface area contributed by atoms with Gasteiger partial charge in [-0.2, -0.15) is 0 Å². The van der Waals surface area contributed by atoms with Gasteiger partial charge in [0.15, 0.2) is 5.75 Å². The van der Waals surface area contributed by atoms with Crippen LogP contribution in [0.5, 0.6) is 23.0 Å². The molecule has 0 amide bonds. The van der Waals surface area contributed by atoms with Gasteiger partial charge in [-0.25, -0.2) is 4.79 Å². The fraction of sp³-hybridized carbons (Fsp3) is 0.348. The minimum Gasteiger partial charge on any atom is -0.499 e. The summed E-state index contributed by atoms with van der Waals surface area (Å²) in [6.45, 7) is -0.551. The van der Waals surface area contributed by atoms with Crippen LogP contribution < -0.4 is 19.8 Å². The zero-order valence-electron chi connectivity index (χ0n) is 18.0. The summed E-state index contributed by atoms with van der Waals surface area (Å²) in [5.41, 5.74) is -0.235. The minimum absolute atomic E-state index is 0.0228. The SMILES string of the molecule is COc1ccc(COc2c(O)c(=O)oc3cc(O[C@@H]4O[C@H](CO)[C@@H](O)[C@H](O)[C@H]4O)ccc23)cc1. The van der Waals surface area contributed by atoms with E-state index in [1.165, 1.54) is 18.2 Å². The lowest BCUT2D eigenvalue weighted by molar-refractivity contribution is -0.277. The molecule has 2 heterocycles. The second-order valence-electron chi connectivity index (χ2n) is 7.68. The fourth-order valence-electron chi connectivity index (χ4n) is 3.54. The zero-order valence-corrected chi connectivity index (χ0v) is 18.0. The first-order valence-electron chi connectivity index (χ1n) is 10.3. The molecule has 0 bridgehead atoms. The van der Waals surface area contributed by atoms with Crippen LogP contribution in [0.4, 0.5) is 0 Å². The molecule has 0 radical (unpaired) electrons. The molecule has 1 saturated heterocycles.